The van der Waals surface area contributed by atoms with Crippen molar-refractivity contribution in [1.82, 2.24) is 10.6 Å². The number of ether oxygens (including phenoxy) is 2. The lowest BCUT2D eigenvalue weighted by Gasteiger charge is -2.23. The number of aliphatic hydroxyl groups excluding tert-OH is 1. The third-order valence-electron chi connectivity index (χ3n) is 2.89. The van der Waals surface area contributed by atoms with E-state index in [0.29, 0.717) is 19.6 Å². The smallest absolute Gasteiger partial charge is 0.234 e. The molecule has 1 unspecified atom stereocenters. The first-order valence-electron chi connectivity index (χ1n) is 6.47. The second-order valence-electron chi connectivity index (χ2n) is 4.53. The average molecular weight is 260 g/mol. The maximum atomic E-state index is 11.6. The van der Waals surface area contributed by atoms with Crippen LogP contribution in [0.15, 0.2) is 0 Å². The van der Waals surface area contributed by atoms with Gasteiger partial charge < -0.3 is 25.2 Å². The molecule has 106 valence electrons. The lowest BCUT2D eigenvalue weighted by atomic mass is 10.1. The molecule has 1 rings (SSSR count). The van der Waals surface area contributed by atoms with E-state index in [9.17, 15) is 9.90 Å². The summed E-state index contributed by atoms with van der Waals surface area (Å²) in [5, 5.41) is 15.4. The Morgan fingerprint density at radius 1 is 1.50 bits per heavy atom. The Morgan fingerprint density at radius 3 is 2.89 bits per heavy atom. The Balaban J connectivity index is 1.99. The summed E-state index contributed by atoms with van der Waals surface area (Å²) in [6, 6.07) is 0.243. The van der Waals surface area contributed by atoms with Crippen LogP contribution >= 0.6 is 0 Å². The van der Waals surface area contributed by atoms with Crippen LogP contribution in [0.3, 0.4) is 0 Å². The Labute approximate surface area is 108 Å². The van der Waals surface area contributed by atoms with Gasteiger partial charge in [-0.25, -0.2) is 0 Å². The molecule has 1 heterocycles. The molecule has 1 amide bonds. The van der Waals surface area contributed by atoms with Crippen LogP contribution in [0.25, 0.3) is 0 Å². The number of methoxy groups -OCH3 is 1. The number of nitrogens with one attached hydrogen (secondary N) is 2. The van der Waals surface area contributed by atoms with E-state index < -0.39 is 6.10 Å². The second kappa shape index (κ2) is 9.27. The minimum Gasteiger partial charge on any atom is -0.391 e. The summed E-state index contributed by atoms with van der Waals surface area (Å²) < 4.78 is 10.0. The molecular formula is C12H24N2O4. The van der Waals surface area contributed by atoms with Crippen LogP contribution in [0.4, 0.5) is 0 Å². The van der Waals surface area contributed by atoms with Crippen molar-refractivity contribution in [3.05, 3.63) is 0 Å². The van der Waals surface area contributed by atoms with Crippen molar-refractivity contribution in [3.8, 4) is 0 Å². The highest BCUT2D eigenvalue weighted by Gasteiger charge is 2.15. The third-order valence-corrected chi connectivity index (χ3v) is 2.89. The molecule has 0 radical (unpaired) electrons. The van der Waals surface area contributed by atoms with E-state index in [1.54, 1.807) is 7.11 Å². The van der Waals surface area contributed by atoms with Crippen molar-refractivity contribution in [2.75, 3.05) is 40.0 Å². The minimum absolute atomic E-state index is 0.00290. The lowest BCUT2D eigenvalue weighted by Crippen LogP contribution is -2.43. The molecule has 0 bridgehead atoms. The van der Waals surface area contributed by atoms with Gasteiger partial charge in [-0.15, -0.1) is 0 Å². The van der Waals surface area contributed by atoms with Gasteiger partial charge in [-0.3, -0.25) is 4.79 Å². The Morgan fingerprint density at radius 2 is 2.22 bits per heavy atom. The van der Waals surface area contributed by atoms with Gasteiger partial charge >= 0.3 is 0 Å². The fraction of sp³-hybridized carbons (Fsp3) is 0.917. The van der Waals surface area contributed by atoms with Crippen LogP contribution in [-0.4, -0.2) is 63.2 Å². The molecule has 6 nitrogen and oxygen atoms in total. The summed E-state index contributed by atoms with van der Waals surface area (Å²) in [5.41, 5.74) is 0. The summed E-state index contributed by atoms with van der Waals surface area (Å²) in [6.07, 6.45) is 1.88. The molecule has 18 heavy (non-hydrogen) atoms. The molecule has 1 aliphatic rings. The van der Waals surface area contributed by atoms with Crippen molar-refractivity contribution in [2.45, 2.75) is 31.4 Å². The number of hydrogen-bond acceptors (Lipinski definition) is 5. The van der Waals surface area contributed by atoms with Crippen molar-refractivity contribution < 1.29 is 19.4 Å². The molecule has 0 aliphatic carbocycles. The molecular weight excluding hydrogens is 236 g/mol. The molecule has 1 fully saturated rings. The Hall–Kier alpha value is -0.690. The average Bonchev–Trinajstić information content (AvgIpc) is 2.36. The minimum atomic E-state index is -0.471. The van der Waals surface area contributed by atoms with Gasteiger partial charge in [-0.1, -0.05) is 0 Å². The standard InChI is InChI=1S/C12H24N2O4/c1-17-9-11(15)2-5-13-8-12(16)14-10-3-6-18-7-4-10/h10-11,13,15H,2-9H2,1H3,(H,14,16). The molecule has 0 aromatic rings. The largest absolute Gasteiger partial charge is 0.391 e. The maximum absolute atomic E-state index is 11.6. The zero-order chi connectivity index (χ0) is 13.2. The lowest BCUT2D eigenvalue weighted by molar-refractivity contribution is -0.121. The van der Waals surface area contributed by atoms with Crippen LogP contribution in [0.5, 0.6) is 0 Å². The number of hydrogen-bond donors (Lipinski definition) is 3. The van der Waals surface area contributed by atoms with E-state index in [1.807, 2.05) is 0 Å². The summed E-state index contributed by atoms with van der Waals surface area (Å²) >= 11 is 0. The van der Waals surface area contributed by atoms with E-state index >= 15 is 0 Å². The quantitative estimate of drug-likeness (QED) is 0.501. The highest BCUT2D eigenvalue weighted by atomic mass is 16.5. The van der Waals surface area contributed by atoms with Crippen molar-refractivity contribution in [3.63, 3.8) is 0 Å². The fourth-order valence-electron chi connectivity index (χ4n) is 1.87. The fourth-order valence-corrected chi connectivity index (χ4v) is 1.87. The van der Waals surface area contributed by atoms with Gasteiger partial charge in [0.2, 0.25) is 5.91 Å². The van der Waals surface area contributed by atoms with Gasteiger partial charge in [0, 0.05) is 26.4 Å². The monoisotopic (exact) mass is 260 g/mol. The summed E-state index contributed by atoms with van der Waals surface area (Å²) in [6.45, 7) is 2.67. The molecule has 0 saturated carbocycles. The number of amides is 1. The summed E-state index contributed by atoms with van der Waals surface area (Å²) in [4.78, 5) is 11.6. The normalized spacial score (nSPS) is 18.6. The zero-order valence-corrected chi connectivity index (χ0v) is 11.0. The first-order chi connectivity index (χ1) is 8.72. The number of carbonyl (C=O) groups is 1. The molecule has 1 atom stereocenters. The second-order valence-corrected chi connectivity index (χ2v) is 4.53. The summed E-state index contributed by atoms with van der Waals surface area (Å²) in [7, 11) is 1.55. The Kier molecular flexibility index (Phi) is 7.91. The van der Waals surface area contributed by atoms with Crippen LogP contribution in [-0.2, 0) is 14.3 Å². The van der Waals surface area contributed by atoms with Crippen LogP contribution in [0.1, 0.15) is 19.3 Å². The summed E-state index contributed by atoms with van der Waals surface area (Å²) in [5.74, 6) is 0.00290. The highest BCUT2D eigenvalue weighted by Crippen LogP contribution is 2.05. The van der Waals surface area contributed by atoms with E-state index in [0.717, 1.165) is 26.1 Å². The molecule has 6 heteroatoms. The van der Waals surface area contributed by atoms with Gasteiger partial charge in [0.25, 0.3) is 0 Å². The van der Waals surface area contributed by atoms with Gasteiger partial charge in [0.1, 0.15) is 0 Å². The van der Waals surface area contributed by atoms with Gasteiger partial charge in [0.05, 0.1) is 19.3 Å². The van der Waals surface area contributed by atoms with Crippen molar-refractivity contribution in [2.24, 2.45) is 0 Å². The van der Waals surface area contributed by atoms with Gasteiger partial charge in [0.15, 0.2) is 0 Å². The zero-order valence-electron chi connectivity index (χ0n) is 11.0. The number of rotatable bonds is 8. The van der Waals surface area contributed by atoms with Crippen LogP contribution in [0, 0.1) is 0 Å². The van der Waals surface area contributed by atoms with Crippen LogP contribution < -0.4 is 10.6 Å². The van der Waals surface area contributed by atoms with E-state index in [1.165, 1.54) is 0 Å². The predicted molar refractivity (Wildman–Crippen MR) is 67.4 cm³/mol. The van der Waals surface area contributed by atoms with Gasteiger partial charge in [-0.2, -0.15) is 0 Å². The number of carbonyl (C=O) groups excluding carboxylic acids is 1. The highest BCUT2D eigenvalue weighted by molar-refractivity contribution is 5.78. The first-order valence-corrected chi connectivity index (χ1v) is 6.47. The molecule has 0 aromatic carbocycles. The maximum Gasteiger partial charge on any atom is 0.234 e. The Bertz CT molecular complexity index is 232. The molecule has 1 aliphatic heterocycles. The van der Waals surface area contributed by atoms with Crippen LogP contribution in [0.2, 0.25) is 0 Å². The van der Waals surface area contributed by atoms with E-state index in [-0.39, 0.29) is 18.5 Å². The molecule has 0 spiro atoms. The van der Waals surface area contributed by atoms with Crippen molar-refractivity contribution >= 4 is 5.91 Å². The number of aliphatic hydroxyl groups is 1. The van der Waals surface area contributed by atoms with E-state index in [4.69, 9.17) is 9.47 Å². The predicted octanol–water partition coefficient (Wildman–Crippen LogP) is -0.731. The van der Waals surface area contributed by atoms with E-state index in [2.05, 4.69) is 10.6 Å². The van der Waals surface area contributed by atoms with Gasteiger partial charge in [-0.05, 0) is 25.8 Å². The molecule has 0 aromatic heterocycles. The third kappa shape index (κ3) is 6.90. The molecule has 1 saturated heterocycles. The molecule has 3 N–H and O–H groups in total. The van der Waals surface area contributed by atoms with Crippen molar-refractivity contribution in [1.29, 1.82) is 0 Å². The first kappa shape index (κ1) is 15.4. The SMILES string of the molecule is COCC(O)CCNCC(=O)NC1CCOCC1. The topological polar surface area (TPSA) is 79.8 Å².